The van der Waals surface area contributed by atoms with E-state index in [0.29, 0.717) is 12.1 Å². The molecule has 1 aromatic heterocycles. The number of pyridine rings is 1. The molecule has 0 aliphatic carbocycles. The van der Waals surface area contributed by atoms with Crippen LogP contribution in [0.2, 0.25) is 5.02 Å². The van der Waals surface area contributed by atoms with Gasteiger partial charge in [0.15, 0.2) is 0 Å². The highest BCUT2D eigenvalue weighted by atomic mass is 35.5. The predicted octanol–water partition coefficient (Wildman–Crippen LogP) is 2.80. The molecule has 3 nitrogen and oxygen atoms in total. The second-order valence-electron chi connectivity index (χ2n) is 3.67. The number of nitrogens with one attached hydrogen (secondary N) is 1. The van der Waals surface area contributed by atoms with Crippen LogP contribution in [0.5, 0.6) is 0 Å². The summed E-state index contributed by atoms with van der Waals surface area (Å²) in [6.45, 7) is 0.293. The third kappa shape index (κ3) is 3.05. The van der Waals surface area contributed by atoms with E-state index in [-0.39, 0.29) is 10.9 Å². The van der Waals surface area contributed by atoms with Crippen molar-refractivity contribution in [2.45, 2.75) is 6.54 Å². The molecule has 0 fully saturated rings. The minimum Gasteiger partial charge on any atom is -0.348 e. The van der Waals surface area contributed by atoms with Gasteiger partial charge in [-0.3, -0.25) is 9.78 Å². The van der Waals surface area contributed by atoms with Crippen LogP contribution in [0.4, 0.5) is 4.39 Å². The van der Waals surface area contributed by atoms with Gasteiger partial charge in [-0.05, 0) is 29.8 Å². The topological polar surface area (TPSA) is 42.0 Å². The van der Waals surface area contributed by atoms with Gasteiger partial charge in [0, 0.05) is 24.5 Å². The SMILES string of the molecule is O=C(NCc1ccc(F)c(Cl)c1)c1ccncc1. The van der Waals surface area contributed by atoms with Gasteiger partial charge in [-0.2, -0.15) is 0 Å². The van der Waals surface area contributed by atoms with E-state index in [1.165, 1.54) is 12.1 Å². The second kappa shape index (κ2) is 5.60. The zero-order valence-electron chi connectivity index (χ0n) is 9.36. The minimum absolute atomic E-state index is 0.0469. The predicted molar refractivity (Wildman–Crippen MR) is 66.8 cm³/mol. The lowest BCUT2D eigenvalue weighted by Crippen LogP contribution is -2.22. The normalized spacial score (nSPS) is 10.1. The zero-order valence-corrected chi connectivity index (χ0v) is 10.1. The van der Waals surface area contributed by atoms with Gasteiger partial charge in [0.25, 0.3) is 5.91 Å². The van der Waals surface area contributed by atoms with Gasteiger partial charge < -0.3 is 5.32 Å². The molecule has 92 valence electrons. The lowest BCUT2D eigenvalue weighted by atomic mass is 10.2. The monoisotopic (exact) mass is 264 g/mol. The van der Waals surface area contributed by atoms with E-state index in [4.69, 9.17) is 11.6 Å². The Morgan fingerprint density at radius 3 is 2.67 bits per heavy atom. The van der Waals surface area contributed by atoms with E-state index < -0.39 is 5.82 Å². The molecule has 2 rings (SSSR count). The van der Waals surface area contributed by atoms with Gasteiger partial charge in [-0.15, -0.1) is 0 Å². The van der Waals surface area contributed by atoms with E-state index in [0.717, 1.165) is 5.56 Å². The van der Waals surface area contributed by atoms with Crippen LogP contribution in [-0.4, -0.2) is 10.9 Å². The maximum absolute atomic E-state index is 12.9. The van der Waals surface area contributed by atoms with Crippen LogP contribution in [0.1, 0.15) is 15.9 Å². The van der Waals surface area contributed by atoms with Crippen LogP contribution < -0.4 is 5.32 Å². The molecule has 0 aliphatic heterocycles. The van der Waals surface area contributed by atoms with Crippen molar-refractivity contribution in [2.75, 3.05) is 0 Å². The van der Waals surface area contributed by atoms with Crippen molar-refractivity contribution in [3.8, 4) is 0 Å². The van der Waals surface area contributed by atoms with Crippen molar-refractivity contribution in [1.29, 1.82) is 0 Å². The Kier molecular flexibility index (Phi) is 3.89. The van der Waals surface area contributed by atoms with Crippen LogP contribution in [0.25, 0.3) is 0 Å². The number of benzene rings is 1. The lowest BCUT2D eigenvalue weighted by Gasteiger charge is -2.05. The van der Waals surface area contributed by atoms with Crippen molar-refractivity contribution in [3.05, 3.63) is 64.7 Å². The summed E-state index contributed by atoms with van der Waals surface area (Å²) >= 11 is 5.65. The molecule has 1 aromatic carbocycles. The molecule has 0 radical (unpaired) electrons. The highest BCUT2D eigenvalue weighted by Gasteiger charge is 2.05. The van der Waals surface area contributed by atoms with E-state index in [1.54, 1.807) is 30.6 Å². The fourth-order valence-corrected chi connectivity index (χ4v) is 1.64. The molecule has 0 unspecified atom stereocenters. The van der Waals surface area contributed by atoms with Crippen molar-refractivity contribution in [3.63, 3.8) is 0 Å². The molecule has 0 aliphatic rings. The van der Waals surface area contributed by atoms with Crippen LogP contribution in [-0.2, 0) is 6.54 Å². The number of nitrogens with zero attached hydrogens (tertiary/aromatic N) is 1. The lowest BCUT2D eigenvalue weighted by molar-refractivity contribution is 0.0951. The third-order valence-electron chi connectivity index (χ3n) is 2.38. The molecule has 0 bridgehead atoms. The summed E-state index contributed by atoms with van der Waals surface area (Å²) in [5.41, 5.74) is 1.27. The number of aromatic nitrogens is 1. The van der Waals surface area contributed by atoms with Crippen LogP contribution in [0.3, 0.4) is 0 Å². The molecule has 0 spiro atoms. The maximum atomic E-state index is 12.9. The minimum atomic E-state index is -0.471. The molecular formula is C13H10ClFN2O. The summed E-state index contributed by atoms with van der Waals surface area (Å²) in [5, 5.41) is 2.76. The number of carbonyl (C=O) groups is 1. The van der Waals surface area contributed by atoms with Gasteiger partial charge in [-0.25, -0.2) is 4.39 Å². The Balaban J connectivity index is 1.99. The van der Waals surface area contributed by atoms with Crippen LogP contribution in [0.15, 0.2) is 42.7 Å². The maximum Gasteiger partial charge on any atom is 0.251 e. The molecule has 5 heteroatoms. The van der Waals surface area contributed by atoms with E-state index in [9.17, 15) is 9.18 Å². The molecule has 0 saturated carbocycles. The molecule has 1 N–H and O–H groups in total. The fourth-order valence-electron chi connectivity index (χ4n) is 1.44. The summed E-state index contributed by atoms with van der Waals surface area (Å²) in [6, 6.07) is 7.58. The average Bonchev–Trinajstić information content (AvgIpc) is 2.41. The first kappa shape index (κ1) is 12.5. The second-order valence-corrected chi connectivity index (χ2v) is 4.07. The van der Waals surface area contributed by atoms with Crippen LogP contribution >= 0.6 is 11.6 Å². The first-order valence-electron chi connectivity index (χ1n) is 5.29. The number of rotatable bonds is 3. The Morgan fingerprint density at radius 2 is 2.00 bits per heavy atom. The first-order chi connectivity index (χ1) is 8.66. The Morgan fingerprint density at radius 1 is 1.28 bits per heavy atom. The molecule has 1 heterocycles. The number of amides is 1. The summed E-state index contributed by atoms with van der Waals surface area (Å²) in [7, 11) is 0. The van der Waals surface area contributed by atoms with Gasteiger partial charge in [-0.1, -0.05) is 17.7 Å². The first-order valence-corrected chi connectivity index (χ1v) is 5.67. The summed E-state index contributed by atoms with van der Waals surface area (Å²) in [6.07, 6.45) is 3.09. The summed E-state index contributed by atoms with van der Waals surface area (Å²) < 4.78 is 12.9. The van der Waals surface area contributed by atoms with Crippen molar-refractivity contribution < 1.29 is 9.18 Å². The van der Waals surface area contributed by atoms with Gasteiger partial charge in [0.1, 0.15) is 5.82 Å². The molecule has 2 aromatic rings. The fraction of sp³-hybridized carbons (Fsp3) is 0.0769. The number of hydrogen-bond acceptors (Lipinski definition) is 2. The van der Waals surface area contributed by atoms with Crippen molar-refractivity contribution >= 4 is 17.5 Å². The number of halogens is 2. The molecule has 18 heavy (non-hydrogen) atoms. The van der Waals surface area contributed by atoms with Gasteiger partial charge in [0.05, 0.1) is 5.02 Å². The molecular weight excluding hydrogens is 255 g/mol. The average molecular weight is 265 g/mol. The Hall–Kier alpha value is -1.94. The molecule has 0 atom stereocenters. The standard InChI is InChI=1S/C13H10ClFN2O/c14-11-7-9(1-2-12(11)15)8-17-13(18)10-3-5-16-6-4-10/h1-7H,8H2,(H,17,18). The summed E-state index contributed by atoms with van der Waals surface area (Å²) in [4.78, 5) is 15.6. The quantitative estimate of drug-likeness (QED) is 0.926. The summed E-state index contributed by atoms with van der Waals surface area (Å²) in [5.74, 6) is -0.682. The third-order valence-corrected chi connectivity index (χ3v) is 2.67. The van der Waals surface area contributed by atoms with Crippen LogP contribution in [0, 0.1) is 5.82 Å². The Labute approximate surface area is 109 Å². The van der Waals surface area contributed by atoms with Crippen molar-refractivity contribution in [2.24, 2.45) is 0 Å². The van der Waals surface area contributed by atoms with E-state index in [1.807, 2.05) is 0 Å². The van der Waals surface area contributed by atoms with Gasteiger partial charge >= 0.3 is 0 Å². The number of hydrogen-bond donors (Lipinski definition) is 1. The zero-order chi connectivity index (χ0) is 13.0. The largest absolute Gasteiger partial charge is 0.348 e. The Bertz CT molecular complexity index is 560. The van der Waals surface area contributed by atoms with E-state index >= 15 is 0 Å². The molecule has 0 saturated heterocycles. The van der Waals surface area contributed by atoms with E-state index in [2.05, 4.69) is 10.3 Å². The molecule has 1 amide bonds. The highest BCUT2D eigenvalue weighted by molar-refractivity contribution is 6.30. The van der Waals surface area contributed by atoms with Gasteiger partial charge in [0.2, 0.25) is 0 Å². The smallest absolute Gasteiger partial charge is 0.251 e. The number of carbonyl (C=O) groups excluding carboxylic acids is 1. The van der Waals surface area contributed by atoms with Crippen molar-refractivity contribution in [1.82, 2.24) is 10.3 Å². The highest BCUT2D eigenvalue weighted by Crippen LogP contribution is 2.15.